The second kappa shape index (κ2) is 4.03. The summed E-state index contributed by atoms with van der Waals surface area (Å²) < 4.78 is 1.58. The van der Waals surface area contributed by atoms with Crippen molar-refractivity contribution in [1.29, 1.82) is 0 Å². The van der Waals surface area contributed by atoms with Gasteiger partial charge in [0.2, 0.25) is 5.88 Å². The van der Waals surface area contributed by atoms with Crippen molar-refractivity contribution in [3.63, 3.8) is 0 Å². The van der Waals surface area contributed by atoms with E-state index in [4.69, 9.17) is 5.11 Å². The number of likely N-dealkylation sites (tertiary alicyclic amines) is 1. The first-order valence-corrected chi connectivity index (χ1v) is 5.28. The zero-order valence-electron chi connectivity index (χ0n) is 9.13. The lowest BCUT2D eigenvalue weighted by atomic mass is 9.91. The fourth-order valence-electron chi connectivity index (χ4n) is 2.16. The van der Waals surface area contributed by atoms with Crippen LogP contribution in [0.25, 0.3) is 0 Å². The molecule has 6 heteroatoms. The number of hydrogen-bond donors (Lipinski definition) is 2. The van der Waals surface area contributed by atoms with Crippen LogP contribution in [-0.4, -0.2) is 44.1 Å². The van der Waals surface area contributed by atoms with Gasteiger partial charge in [0.05, 0.1) is 0 Å². The summed E-state index contributed by atoms with van der Waals surface area (Å²) in [4.78, 5) is 12.1. The molecule has 0 aromatic carbocycles. The molecule has 88 valence electrons. The second-order valence-corrected chi connectivity index (χ2v) is 4.13. The van der Waals surface area contributed by atoms with Crippen molar-refractivity contribution in [2.75, 3.05) is 13.1 Å². The quantitative estimate of drug-likeness (QED) is 0.746. The topological polar surface area (TPSA) is 78.6 Å². The van der Waals surface area contributed by atoms with Gasteiger partial charge >= 0.3 is 6.09 Å². The van der Waals surface area contributed by atoms with Crippen LogP contribution < -0.4 is 0 Å². The average molecular weight is 225 g/mol. The summed E-state index contributed by atoms with van der Waals surface area (Å²) in [6.45, 7) is 1.04. The number of carbonyl (C=O) groups is 1. The van der Waals surface area contributed by atoms with E-state index in [0.717, 1.165) is 18.4 Å². The summed E-state index contributed by atoms with van der Waals surface area (Å²) in [5.41, 5.74) is 0.826. The Hall–Kier alpha value is -1.72. The third kappa shape index (κ3) is 1.95. The molecule has 1 saturated heterocycles. The van der Waals surface area contributed by atoms with Crippen molar-refractivity contribution < 1.29 is 15.0 Å². The van der Waals surface area contributed by atoms with Gasteiger partial charge in [-0.05, 0) is 18.8 Å². The number of nitrogens with zero attached hydrogens (tertiary/aromatic N) is 3. The molecule has 1 aromatic rings. The van der Waals surface area contributed by atoms with Gasteiger partial charge in [0.1, 0.15) is 0 Å². The molecule has 0 radical (unpaired) electrons. The molecule has 0 aliphatic carbocycles. The first kappa shape index (κ1) is 10.8. The molecule has 0 bridgehead atoms. The van der Waals surface area contributed by atoms with Crippen molar-refractivity contribution in [2.24, 2.45) is 7.05 Å². The van der Waals surface area contributed by atoms with Gasteiger partial charge < -0.3 is 15.1 Å². The predicted octanol–water partition coefficient (Wildman–Crippen LogP) is 0.983. The van der Waals surface area contributed by atoms with Crippen LogP contribution in [0.4, 0.5) is 4.79 Å². The lowest BCUT2D eigenvalue weighted by Gasteiger charge is -2.29. The van der Waals surface area contributed by atoms with Crippen molar-refractivity contribution in [2.45, 2.75) is 18.8 Å². The average Bonchev–Trinajstić information content (AvgIpc) is 2.58. The molecule has 2 N–H and O–H groups in total. The van der Waals surface area contributed by atoms with Crippen LogP contribution >= 0.6 is 0 Å². The number of aryl methyl sites for hydroxylation is 1. The van der Waals surface area contributed by atoms with Gasteiger partial charge in [0.15, 0.2) is 0 Å². The van der Waals surface area contributed by atoms with E-state index in [1.54, 1.807) is 17.9 Å². The van der Waals surface area contributed by atoms with Gasteiger partial charge in [0, 0.05) is 31.9 Å². The van der Waals surface area contributed by atoms with Crippen molar-refractivity contribution >= 4 is 6.09 Å². The third-order valence-corrected chi connectivity index (χ3v) is 3.04. The summed E-state index contributed by atoms with van der Waals surface area (Å²) in [5.74, 6) is 0.278. The minimum atomic E-state index is -0.867. The molecule has 0 saturated carbocycles. The molecule has 1 aliphatic heterocycles. The minimum Gasteiger partial charge on any atom is -0.492 e. The van der Waals surface area contributed by atoms with E-state index < -0.39 is 6.09 Å². The molecule has 6 nitrogen and oxygen atoms in total. The number of aromatic hydroxyl groups is 1. The number of hydrogen-bond acceptors (Lipinski definition) is 3. The molecule has 1 aromatic heterocycles. The zero-order chi connectivity index (χ0) is 11.7. The Morgan fingerprint density at radius 2 is 2.12 bits per heavy atom. The summed E-state index contributed by atoms with van der Waals surface area (Å²) in [7, 11) is 1.76. The number of amides is 1. The highest BCUT2D eigenvalue weighted by Crippen LogP contribution is 2.32. The Morgan fingerprint density at radius 1 is 1.50 bits per heavy atom. The van der Waals surface area contributed by atoms with Crippen molar-refractivity contribution in [3.05, 3.63) is 11.8 Å². The summed E-state index contributed by atoms with van der Waals surface area (Å²) in [5, 5.41) is 22.3. The van der Waals surface area contributed by atoms with Crippen LogP contribution in [0.1, 0.15) is 24.3 Å². The van der Waals surface area contributed by atoms with Gasteiger partial charge in [-0.2, -0.15) is 0 Å². The SMILES string of the molecule is Cn1cc(C2CCN(C(=O)O)CC2)c(O)n1. The maximum atomic E-state index is 10.7. The molecule has 0 unspecified atom stereocenters. The van der Waals surface area contributed by atoms with E-state index in [0.29, 0.717) is 13.1 Å². The van der Waals surface area contributed by atoms with E-state index in [-0.39, 0.29) is 11.8 Å². The highest BCUT2D eigenvalue weighted by atomic mass is 16.4. The van der Waals surface area contributed by atoms with Crippen LogP contribution in [-0.2, 0) is 7.05 Å². The summed E-state index contributed by atoms with van der Waals surface area (Å²) in [6.07, 6.45) is 2.42. The Morgan fingerprint density at radius 3 is 2.56 bits per heavy atom. The molecule has 16 heavy (non-hydrogen) atoms. The lowest BCUT2D eigenvalue weighted by molar-refractivity contribution is 0.132. The van der Waals surface area contributed by atoms with Gasteiger partial charge in [0.25, 0.3) is 0 Å². The molecule has 0 spiro atoms. The predicted molar refractivity (Wildman–Crippen MR) is 56.4 cm³/mol. The van der Waals surface area contributed by atoms with E-state index in [2.05, 4.69) is 5.10 Å². The van der Waals surface area contributed by atoms with E-state index in [1.807, 2.05) is 0 Å². The molecule has 1 fully saturated rings. The molecule has 1 amide bonds. The highest BCUT2D eigenvalue weighted by molar-refractivity contribution is 5.65. The molecule has 1 aliphatic rings. The molecular weight excluding hydrogens is 210 g/mol. The summed E-state index contributed by atoms with van der Waals surface area (Å²) in [6, 6.07) is 0. The van der Waals surface area contributed by atoms with Crippen LogP contribution in [0.3, 0.4) is 0 Å². The number of aromatic nitrogens is 2. The second-order valence-electron chi connectivity index (χ2n) is 4.13. The van der Waals surface area contributed by atoms with Crippen LogP contribution in [0.2, 0.25) is 0 Å². The minimum absolute atomic E-state index is 0.0660. The zero-order valence-corrected chi connectivity index (χ0v) is 9.13. The lowest BCUT2D eigenvalue weighted by Crippen LogP contribution is -2.36. The first-order chi connectivity index (χ1) is 7.58. The Bertz CT molecular complexity index is 394. The normalized spacial score (nSPS) is 17.7. The largest absolute Gasteiger partial charge is 0.492 e. The number of carboxylic acid groups (broad SMARTS) is 1. The smallest absolute Gasteiger partial charge is 0.407 e. The number of piperidine rings is 1. The molecular formula is C10H15N3O3. The summed E-state index contributed by atoms with van der Waals surface area (Å²) >= 11 is 0. The fraction of sp³-hybridized carbons (Fsp3) is 0.600. The molecule has 0 atom stereocenters. The molecule has 2 heterocycles. The van der Waals surface area contributed by atoms with Crippen LogP contribution in [0, 0.1) is 0 Å². The van der Waals surface area contributed by atoms with Crippen LogP contribution in [0.5, 0.6) is 5.88 Å². The third-order valence-electron chi connectivity index (χ3n) is 3.04. The standard InChI is InChI=1S/C10H15N3O3/c1-12-6-8(9(14)11-12)7-2-4-13(5-3-7)10(15)16/h6-7H,2-5H2,1H3,(H,11,14)(H,15,16). The monoisotopic (exact) mass is 225 g/mol. The fourth-order valence-corrected chi connectivity index (χ4v) is 2.16. The van der Waals surface area contributed by atoms with E-state index in [1.165, 1.54) is 4.90 Å². The Kier molecular flexibility index (Phi) is 2.72. The van der Waals surface area contributed by atoms with Gasteiger partial charge in [-0.1, -0.05) is 0 Å². The van der Waals surface area contributed by atoms with Gasteiger partial charge in [-0.15, -0.1) is 5.10 Å². The Labute approximate surface area is 93.1 Å². The van der Waals surface area contributed by atoms with Crippen molar-refractivity contribution in [1.82, 2.24) is 14.7 Å². The Balaban J connectivity index is 2.04. The maximum absolute atomic E-state index is 10.7. The van der Waals surface area contributed by atoms with Crippen LogP contribution in [0.15, 0.2) is 6.20 Å². The van der Waals surface area contributed by atoms with Gasteiger partial charge in [-0.3, -0.25) is 4.68 Å². The van der Waals surface area contributed by atoms with Gasteiger partial charge in [-0.25, -0.2) is 4.79 Å². The highest BCUT2D eigenvalue weighted by Gasteiger charge is 2.26. The maximum Gasteiger partial charge on any atom is 0.407 e. The first-order valence-electron chi connectivity index (χ1n) is 5.28. The number of rotatable bonds is 1. The van der Waals surface area contributed by atoms with E-state index >= 15 is 0 Å². The molecule has 2 rings (SSSR count). The van der Waals surface area contributed by atoms with E-state index in [9.17, 15) is 9.90 Å². The van der Waals surface area contributed by atoms with Crippen molar-refractivity contribution in [3.8, 4) is 5.88 Å².